The molecule has 1 aromatic heterocycles. The van der Waals surface area contributed by atoms with Crippen molar-refractivity contribution < 1.29 is 13.5 Å². The van der Waals surface area contributed by atoms with E-state index in [-0.39, 0.29) is 12.0 Å². The van der Waals surface area contributed by atoms with Crippen LogP contribution >= 0.6 is 0 Å². The third-order valence-corrected chi connectivity index (χ3v) is 3.03. The van der Waals surface area contributed by atoms with Gasteiger partial charge in [-0.25, -0.2) is 9.37 Å². The van der Waals surface area contributed by atoms with Crippen molar-refractivity contribution in [3.63, 3.8) is 0 Å². The van der Waals surface area contributed by atoms with E-state index in [9.17, 15) is 4.39 Å². The molecular weight excluding hydrogens is 257 g/mol. The standard InChI is InChI=1S/C16H20FNO2/c1-5-11(9-17)10-19-12-6-7-13-14(8-12)20-15(18-13)16(2,3)4/h6-9H,5,10H2,1-4H3/b11-9+. The Morgan fingerprint density at radius 1 is 1.40 bits per heavy atom. The number of benzene rings is 1. The Labute approximate surface area is 118 Å². The van der Waals surface area contributed by atoms with Gasteiger partial charge in [0.05, 0.1) is 6.33 Å². The van der Waals surface area contributed by atoms with Crippen molar-refractivity contribution in [3.8, 4) is 5.75 Å². The lowest BCUT2D eigenvalue weighted by Crippen LogP contribution is -2.10. The van der Waals surface area contributed by atoms with Gasteiger partial charge in [-0.2, -0.15) is 0 Å². The van der Waals surface area contributed by atoms with Gasteiger partial charge in [0, 0.05) is 11.5 Å². The minimum Gasteiger partial charge on any atom is -0.489 e. The minimum atomic E-state index is -0.133. The molecule has 0 saturated heterocycles. The second kappa shape index (κ2) is 5.65. The smallest absolute Gasteiger partial charge is 0.200 e. The van der Waals surface area contributed by atoms with E-state index in [2.05, 4.69) is 25.8 Å². The molecule has 4 heteroatoms. The number of rotatable bonds is 4. The highest BCUT2D eigenvalue weighted by molar-refractivity contribution is 5.74. The second-order valence-corrected chi connectivity index (χ2v) is 5.81. The van der Waals surface area contributed by atoms with Gasteiger partial charge in [-0.15, -0.1) is 0 Å². The fraction of sp³-hybridized carbons (Fsp3) is 0.438. The van der Waals surface area contributed by atoms with Crippen molar-refractivity contribution in [2.75, 3.05) is 6.61 Å². The molecule has 20 heavy (non-hydrogen) atoms. The van der Waals surface area contributed by atoms with Crippen molar-refractivity contribution >= 4 is 11.1 Å². The van der Waals surface area contributed by atoms with E-state index in [1.54, 1.807) is 6.07 Å². The summed E-state index contributed by atoms with van der Waals surface area (Å²) in [5.41, 5.74) is 1.98. The number of oxazole rings is 1. The Hall–Kier alpha value is -1.84. The summed E-state index contributed by atoms with van der Waals surface area (Å²) in [5, 5.41) is 0. The lowest BCUT2D eigenvalue weighted by atomic mass is 9.97. The summed E-state index contributed by atoms with van der Waals surface area (Å²) in [5.74, 6) is 1.35. The van der Waals surface area contributed by atoms with Crippen LogP contribution in [0.25, 0.3) is 11.1 Å². The summed E-state index contributed by atoms with van der Waals surface area (Å²) in [4.78, 5) is 4.46. The Morgan fingerprint density at radius 2 is 2.15 bits per heavy atom. The third-order valence-electron chi connectivity index (χ3n) is 3.03. The molecule has 0 saturated carbocycles. The summed E-state index contributed by atoms with van der Waals surface area (Å²) in [6.45, 7) is 8.29. The predicted octanol–water partition coefficient (Wildman–Crippen LogP) is 4.77. The normalized spacial score (nSPS) is 12.9. The average molecular weight is 277 g/mol. The molecule has 0 fully saturated rings. The van der Waals surface area contributed by atoms with E-state index in [1.807, 2.05) is 19.1 Å². The summed E-state index contributed by atoms with van der Waals surface area (Å²) >= 11 is 0. The van der Waals surface area contributed by atoms with Crippen molar-refractivity contribution in [3.05, 3.63) is 36.0 Å². The largest absolute Gasteiger partial charge is 0.489 e. The maximum atomic E-state index is 12.5. The maximum Gasteiger partial charge on any atom is 0.200 e. The van der Waals surface area contributed by atoms with E-state index in [1.165, 1.54) is 0 Å². The molecule has 0 radical (unpaired) electrons. The van der Waals surface area contributed by atoms with E-state index >= 15 is 0 Å². The molecule has 0 aliphatic rings. The summed E-state index contributed by atoms with van der Waals surface area (Å²) in [7, 11) is 0. The maximum absolute atomic E-state index is 12.5. The Kier molecular flexibility index (Phi) is 4.12. The summed E-state index contributed by atoms with van der Waals surface area (Å²) < 4.78 is 23.8. The van der Waals surface area contributed by atoms with Crippen LogP contribution in [0.2, 0.25) is 0 Å². The molecule has 0 amide bonds. The molecular formula is C16H20FNO2. The molecule has 108 valence electrons. The fourth-order valence-electron chi connectivity index (χ4n) is 1.70. The van der Waals surface area contributed by atoms with Crippen LogP contribution in [-0.4, -0.2) is 11.6 Å². The molecule has 2 aromatic rings. The van der Waals surface area contributed by atoms with Crippen LogP contribution in [0, 0.1) is 0 Å². The first-order valence-corrected chi connectivity index (χ1v) is 6.76. The number of hydrogen-bond acceptors (Lipinski definition) is 3. The first-order chi connectivity index (χ1) is 9.44. The number of fused-ring (bicyclic) bond motifs is 1. The first-order valence-electron chi connectivity index (χ1n) is 6.76. The first kappa shape index (κ1) is 14.6. The number of hydrogen-bond donors (Lipinski definition) is 0. The Bertz CT molecular complexity index is 623. The van der Waals surface area contributed by atoms with Gasteiger partial charge in [0.1, 0.15) is 17.9 Å². The predicted molar refractivity (Wildman–Crippen MR) is 77.7 cm³/mol. The highest BCUT2D eigenvalue weighted by Gasteiger charge is 2.21. The summed E-state index contributed by atoms with van der Waals surface area (Å²) in [6.07, 6.45) is 1.24. The highest BCUT2D eigenvalue weighted by Crippen LogP contribution is 2.28. The number of nitrogens with zero attached hydrogens (tertiary/aromatic N) is 1. The molecule has 2 rings (SSSR count). The van der Waals surface area contributed by atoms with Gasteiger partial charge in [-0.3, -0.25) is 0 Å². The Morgan fingerprint density at radius 3 is 2.75 bits per heavy atom. The zero-order valence-electron chi connectivity index (χ0n) is 12.4. The molecule has 0 atom stereocenters. The van der Waals surface area contributed by atoms with E-state index in [0.29, 0.717) is 35.5 Å². The molecule has 0 bridgehead atoms. The number of ether oxygens (including phenoxy) is 1. The SMILES string of the molecule is CC/C(=C\F)COc1ccc2nc(C(C)(C)C)oc2c1. The highest BCUT2D eigenvalue weighted by atomic mass is 19.1. The fourth-order valence-corrected chi connectivity index (χ4v) is 1.70. The van der Waals surface area contributed by atoms with Crippen LogP contribution in [0.5, 0.6) is 5.75 Å². The van der Waals surface area contributed by atoms with Gasteiger partial charge >= 0.3 is 0 Å². The topological polar surface area (TPSA) is 35.3 Å². The van der Waals surface area contributed by atoms with Crippen LogP contribution in [0.1, 0.15) is 40.0 Å². The zero-order valence-corrected chi connectivity index (χ0v) is 12.4. The van der Waals surface area contributed by atoms with Crippen LogP contribution in [0.15, 0.2) is 34.5 Å². The lowest BCUT2D eigenvalue weighted by Gasteiger charge is -2.11. The van der Waals surface area contributed by atoms with Crippen LogP contribution in [-0.2, 0) is 5.41 Å². The van der Waals surface area contributed by atoms with Crippen molar-refractivity contribution in [2.24, 2.45) is 0 Å². The molecule has 0 aliphatic carbocycles. The van der Waals surface area contributed by atoms with E-state index in [0.717, 1.165) is 5.52 Å². The van der Waals surface area contributed by atoms with Gasteiger partial charge in [-0.1, -0.05) is 27.7 Å². The minimum absolute atomic E-state index is 0.133. The molecule has 0 spiro atoms. The van der Waals surface area contributed by atoms with Crippen LogP contribution in [0.3, 0.4) is 0 Å². The molecule has 1 heterocycles. The van der Waals surface area contributed by atoms with Gasteiger partial charge in [0.15, 0.2) is 5.58 Å². The average Bonchev–Trinajstić information content (AvgIpc) is 2.83. The van der Waals surface area contributed by atoms with E-state index in [4.69, 9.17) is 9.15 Å². The Balaban J connectivity index is 2.21. The van der Waals surface area contributed by atoms with Crippen LogP contribution < -0.4 is 4.74 Å². The van der Waals surface area contributed by atoms with Gasteiger partial charge in [-0.05, 0) is 24.1 Å². The second-order valence-electron chi connectivity index (χ2n) is 5.81. The van der Waals surface area contributed by atoms with Crippen molar-refractivity contribution in [2.45, 2.75) is 39.5 Å². The van der Waals surface area contributed by atoms with Gasteiger partial charge < -0.3 is 9.15 Å². The summed E-state index contributed by atoms with van der Waals surface area (Å²) in [6, 6.07) is 5.47. The van der Waals surface area contributed by atoms with E-state index < -0.39 is 0 Å². The monoisotopic (exact) mass is 277 g/mol. The van der Waals surface area contributed by atoms with Gasteiger partial charge in [0.2, 0.25) is 5.89 Å². The zero-order chi connectivity index (χ0) is 14.8. The van der Waals surface area contributed by atoms with Crippen molar-refractivity contribution in [1.29, 1.82) is 0 Å². The van der Waals surface area contributed by atoms with Crippen molar-refractivity contribution in [1.82, 2.24) is 4.98 Å². The quantitative estimate of drug-likeness (QED) is 0.807. The third kappa shape index (κ3) is 3.18. The molecule has 3 nitrogen and oxygen atoms in total. The molecule has 0 aliphatic heterocycles. The molecule has 1 aromatic carbocycles. The van der Waals surface area contributed by atoms with Crippen LogP contribution in [0.4, 0.5) is 4.39 Å². The van der Waals surface area contributed by atoms with Gasteiger partial charge in [0.25, 0.3) is 0 Å². The number of halogens is 1. The molecule has 0 unspecified atom stereocenters. The molecule has 0 N–H and O–H groups in total. The lowest BCUT2D eigenvalue weighted by molar-refractivity contribution is 0.345. The number of aromatic nitrogens is 1.